The summed E-state index contributed by atoms with van der Waals surface area (Å²) >= 11 is 0. The second-order valence-electron chi connectivity index (χ2n) is 14.0. The molecule has 1 saturated heterocycles. The molecule has 1 heterocycles. The maximum absolute atomic E-state index is 12.5. The third-order valence-corrected chi connectivity index (χ3v) is 9.07. The van der Waals surface area contributed by atoms with Crippen LogP contribution in [-0.2, 0) is 14.3 Å². The highest BCUT2D eigenvalue weighted by molar-refractivity contribution is 5.75. The number of nitrogens with one attached hydrogen (secondary N) is 2. The highest BCUT2D eigenvalue weighted by Crippen LogP contribution is 2.34. The molecule has 12 atom stereocenters. The number of aliphatic hydroxyl groups excluding tert-OH is 8. The summed E-state index contributed by atoms with van der Waals surface area (Å²) in [4.78, 5) is 24.5. The maximum Gasteiger partial charge on any atom is 0.315 e. The van der Waals surface area contributed by atoms with Crippen molar-refractivity contribution in [3.05, 3.63) is 36.5 Å². The van der Waals surface area contributed by atoms with Crippen LogP contribution in [0.25, 0.3) is 0 Å². The summed E-state index contributed by atoms with van der Waals surface area (Å²) in [5.74, 6) is -2.88. The standard InChI is InChI=1S/C36H62N2O13/c1-4-6-7-9-24(39)18-32-34(38-35(48)37-23-10-11-23)31(46)21-36(49,51-32)20-27(42)17-30(45)29(44)13-12-25(40)16-26(41)19-33(47)50-15-14-28(43)22(3)8-5-2/h4-9,22-32,34,39-46,49H,10-21H2,1-3H3,(H2,37,38,48)/b6-4+,8-5+,9-7+/t22-,24-,25+,26+,27-,28-,29+,30+,31-,32-,34+,36+/m0/s1. The molecule has 2 fully saturated rings. The van der Waals surface area contributed by atoms with Crippen molar-refractivity contribution in [1.82, 2.24) is 10.6 Å². The largest absolute Gasteiger partial charge is 0.465 e. The SMILES string of the molecule is C/C=C/C=C/[C@H](O)C[C@@H]1O[C@](O)(C[C@@H](O)C[C@@H](O)[C@H](O)CC[C@@H](O)C[C@@H](O)CC(=O)OCC[C@H](O)[C@@H](C)/C=C/C)C[C@H](O)[C@H]1NC(=O)NC1CC1. The number of hydrogen-bond acceptors (Lipinski definition) is 13. The highest BCUT2D eigenvalue weighted by atomic mass is 16.6. The third-order valence-electron chi connectivity index (χ3n) is 9.07. The smallest absolute Gasteiger partial charge is 0.315 e. The molecular formula is C36H62N2O13. The summed E-state index contributed by atoms with van der Waals surface area (Å²) in [6.45, 7) is 5.46. The molecule has 15 nitrogen and oxygen atoms in total. The Labute approximate surface area is 300 Å². The van der Waals surface area contributed by atoms with E-state index >= 15 is 0 Å². The van der Waals surface area contributed by atoms with Gasteiger partial charge in [-0.05, 0) is 46.0 Å². The number of aliphatic hydroxyl groups is 9. The lowest BCUT2D eigenvalue weighted by Crippen LogP contribution is -2.63. The Morgan fingerprint density at radius 3 is 2.22 bits per heavy atom. The number of urea groups is 1. The molecule has 0 aromatic rings. The van der Waals surface area contributed by atoms with E-state index in [0.717, 1.165) is 12.8 Å². The second kappa shape index (κ2) is 22.6. The van der Waals surface area contributed by atoms with Crippen LogP contribution in [-0.4, -0.2) is 137 Å². The van der Waals surface area contributed by atoms with Gasteiger partial charge in [0.1, 0.15) is 0 Å². The maximum atomic E-state index is 12.5. The average Bonchev–Trinajstić information content (AvgIpc) is 3.85. The van der Waals surface area contributed by atoms with Gasteiger partial charge in [0.15, 0.2) is 5.79 Å². The normalized spacial score (nSPS) is 27.5. The summed E-state index contributed by atoms with van der Waals surface area (Å²) in [6, 6.07) is -1.45. The van der Waals surface area contributed by atoms with Crippen molar-refractivity contribution >= 4 is 12.0 Å². The number of hydrogen-bond donors (Lipinski definition) is 11. The van der Waals surface area contributed by atoms with Gasteiger partial charge in [-0.1, -0.05) is 43.4 Å². The molecule has 2 amide bonds. The minimum atomic E-state index is -2.09. The summed E-state index contributed by atoms with van der Waals surface area (Å²) in [7, 11) is 0. The Kier molecular flexibility index (Phi) is 19.8. The van der Waals surface area contributed by atoms with Crippen LogP contribution in [0.4, 0.5) is 4.79 Å². The molecule has 294 valence electrons. The van der Waals surface area contributed by atoms with Crippen molar-refractivity contribution in [1.29, 1.82) is 0 Å². The molecule has 51 heavy (non-hydrogen) atoms. The van der Waals surface area contributed by atoms with E-state index in [1.165, 1.54) is 6.08 Å². The van der Waals surface area contributed by atoms with Gasteiger partial charge in [-0.25, -0.2) is 4.79 Å². The second-order valence-corrected chi connectivity index (χ2v) is 14.0. The Balaban J connectivity index is 1.82. The molecule has 2 aliphatic rings. The number of ether oxygens (including phenoxy) is 2. The van der Waals surface area contributed by atoms with Crippen LogP contribution in [0.2, 0.25) is 0 Å². The topological polar surface area (TPSA) is 259 Å². The Bertz CT molecular complexity index is 1120. The molecule has 0 aromatic heterocycles. The van der Waals surface area contributed by atoms with Crippen molar-refractivity contribution in [2.75, 3.05) is 6.61 Å². The van der Waals surface area contributed by atoms with Gasteiger partial charge < -0.3 is 66.1 Å². The molecule has 0 spiro atoms. The Hall–Kier alpha value is -2.44. The van der Waals surface area contributed by atoms with Gasteiger partial charge in [0, 0.05) is 44.1 Å². The number of amides is 2. The first-order valence-corrected chi connectivity index (χ1v) is 18.0. The fraction of sp³-hybridized carbons (Fsp3) is 0.778. The van der Waals surface area contributed by atoms with E-state index in [9.17, 15) is 55.5 Å². The van der Waals surface area contributed by atoms with Crippen molar-refractivity contribution in [2.45, 2.75) is 164 Å². The van der Waals surface area contributed by atoms with Crippen molar-refractivity contribution in [2.24, 2.45) is 5.92 Å². The first-order valence-electron chi connectivity index (χ1n) is 18.0. The molecule has 1 saturated carbocycles. The van der Waals surface area contributed by atoms with Crippen LogP contribution in [0, 0.1) is 5.92 Å². The van der Waals surface area contributed by atoms with Gasteiger partial charge in [0.05, 0.1) is 74.0 Å². The number of allylic oxidation sites excluding steroid dienone is 4. The van der Waals surface area contributed by atoms with Gasteiger partial charge >= 0.3 is 12.0 Å². The van der Waals surface area contributed by atoms with Crippen LogP contribution in [0.3, 0.4) is 0 Å². The fourth-order valence-electron chi connectivity index (χ4n) is 6.04. The molecule has 0 bridgehead atoms. The van der Waals surface area contributed by atoms with Gasteiger partial charge in [0.25, 0.3) is 0 Å². The first kappa shape index (κ1) is 44.7. The predicted octanol–water partition coefficient (Wildman–Crippen LogP) is 0.190. The lowest BCUT2D eigenvalue weighted by Gasteiger charge is -2.45. The quantitative estimate of drug-likeness (QED) is 0.0382. The van der Waals surface area contributed by atoms with Gasteiger partial charge in [0.2, 0.25) is 0 Å². The monoisotopic (exact) mass is 730 g/mol. The van der Waals surface area contributed by atoms with Crippen LogP contribution < -0.4 is 10.6 Å². The summed E-state index contributed by atoms with van der Waals surface area (Å²) in [6.07, 6.45) is -0.561. The zero-order valence-corrected chi connectivity index (χ0v) is 30.0. The molecule has 15 heteroatoms. The van der Waals surface area contributed by atoms with Crippen LogP contribution in [0.1, 0.15) is 91.4 Å². The molecule has 0 radical (unpaired) electrons. The van der Waals surface area contributed by atoms with Crippen LogP contribution in [0.15, 0.2) is 36.5 Å². The van der Waals surface area contributed by atoms with Crippen LogP contribution in [0.5, 0.6) is 0 Å². The summed E-state index contributed by atoms with van der Waals surface area (Å²) in [5.41, 5.74) is 0. The lowest BCUT2D eigenvalue weighted by molar-refractivity contribution is -0.292. The number of esters is 1. The Morgan fingerprint density at radius 2 is 1.57 bits per heavy atom. The average molecular weight is 731 g/mol. The van der Waals surface area contributed by atoms with E-state index < -0.39 is 91.6 Å². The third kappa shape index (κ3) is 17.8. The van der Waals surface area contributed by atoms with E-state index in [1.54, 1.807) is 25.2 Å². The minimum absolute atomic E-state index is 0.0214. The van der Waals surface area contributed by atoms with Crippen molar-refractivity contribution in [3.8, 4) is 0 Å². The highest BCUT2D eigenvalue weighted by Gasteiger charge is 2.48. The van der Waals surface area contributed by atoms with E-state index in [0.29, 0.717) is 0 Å². The molecule has 11 N–H and O–H groups in total. The zero-order valence-electron chi connectivity index (χ0n) is 30.0. The van der Waals surface area contributed by atoms with Gasteiger partial charge in [-0.2, -0.15) is 0 Å². The van der Waals surface area contributed by atoms with E-state index in [1.807, 2.05) is 26.0 Å². The number of carbonyl (C=O) groups is 2. The van der Waals surface area contributed by atoms with E-state index in [-0.39, 0.29) is 63.5 Å². The summed E-state index contributed by atoms with van der Waals surface area (Å²) < 4.78 is 11.0. The molecule has 2 rings (SSSR count). The zero-order chi connectivity index (χ0) is 38.1. The molecule has 1 aliphatic carbocycles. The first-order chi connectivity index (χ1) is 24.0. The molecular weight excluding hydrogens is 668 g/mol. The van der Waals surface area contributed by atoms with Crippen molar-refractivity contribution in [3.63, 3.8) is 0 Å². The predicted molar refractivity (Wildman–Crippen MR) is 187 cm³/mol. The van der Waals surface area contributed by atoms with Gasteiger partial charge in [-0.3, -0.25) is 4.79 Å². The minimum Gasteiger partial charge on any atom is -0.465 e. The van der Waals surface area contributed by atoms with E-state index in [2.05, 4.69) is 10.6 Å². The lowest BCUT2D eigenvalue weighted by atomic mass is 9.87. The van der Waals surface area contributed by atoms with E-state index in [4.69, 9.17) is 9.47 Å². The fourth-order valence-corrected chi connectivity index (χ4v) is 6.04. The number of rotatable bonds is 23. The molecule has 0 unspecified atom stereocenters. The molecule has 1 aliphatic heterocycles. The van der Waals surface area contributed by atoms with Crippen molar-refractivity contribution < 1.29 is 65.0 Å². The Morgan fingerprint density at radius 1 is 0.863 bits per heavy atom. The number of carbonyl (C=O) groups excluding carboxylic acids is 2. The van der Waals surface area contributed by atoms with Gasteiger partial charge in [-0.15, -0.1) is 0 Å². The summed E-state index contributed by atoms with van der Waals surface area (Å²) in [5, 5.41) is 101. The molecule has 0 aromatic carbocycles. The van der Waals surface area contributed by atoms with Crippen LogP contribution >= 0.6 is 0 Å².